The molecule has 7 atom stereocenters. The number of aliphatic hydroxyl groups is 5. The summed E-state index contributed by atoms with van der Waals surface area (Å²) in [6.45, 7) is 3.79. The van der Waals surface area contributed by atoms with Gasteiger partial charge in [0.15, 0.2) is 6.29 Å². The lowest BCUT2D eigenvalue weighted by Crippen LogP contribution is -2.60. The van der Waals surface area contributed by atoms with E-state index in [4.69, 9.17) is 9.47 Å². The zero-order chi connectivity index (χ0) is 40.9. The molecule has 332 valence electrons. The van der Waals surface area contributed by atoms with E-state index in [1.165, 1.54) is 167 Å². The van der Waals surface area contributed by atoms with Gasteiger partial charge < -0.3 is 40.3 Å². The van der Waals surface area contributed by atoms with Crippen LogP contribution < -0.4 is 5.32 Å². The van der Waals surface area contributed by atoms with Crippen LogP contribution in [0.3, 0.4) is 0 Å². The molecule has 0 aromatic rings. The van der Waals surface area contributed by atoms with Gasteiger partial charge in [0.05, 0.1) is 25.4 Å². The smallest absolute Gasteiger partial charge is 0.220 e. The van der Waals surface area contributed by atoms with Crippen LogP contribution >= 0.6 is 0 Å². The van der Waals surface area contributed by atoms with Crippen molar-refractivity contribution in [2.24, 2.45) is 0 Å². The number of aliphatic hydroxyl groups excluding tert-OH is 5. The Labute approximate surface area is 344 Å². The van der Waals surface area contributed by atoms with Crippen LogP contribution in [0.4, 0.5) is 0 Å². The number of amides is 1. The third kappa shape index (κ3) is 28.4. The standard InChI is InChI=1S/C47H91NO8/c1-3-5-7-9-11-13-15-17-19-20-21-22-23-25-27-29-31-33-35-37-43(51)48-40(39-55-47-46(54)45(53)44(52)42(38-49)56-47)41(50)36-34-32-30-28-26-24-18-16-14-12-10-8-6-4-2/h34,36,40-42,44-47,49-50,52-54H,3-33,35,37-39H2,1-2H3,(H,48,51)/b36-34+. The molecule has 1 rings (SSSR count). The maximum absolute atomic E-state index is 13.0. The van der Waals surface area contributed by atoms with E-state index in [1.807, 2.05) is 6.08 Å². The Morgan fingerprint density at radius 3 is 1.39 bits per heavy atom. The summed E-state index contributed by atoms with van der Waals surface area (Å²) in [7, 11) is 0. The average Bonchev–Trinajstić information content (AvgIpc) is 3.20. The number of hydrogen-bond donors (Lipinski definition) is 6. The molecule has 1 amide bonds. The number of hydrogen-bond acceptors (Lipinski definition) is 8. The van der Waals surface area contributed by atoms with Crippen molar-refractivity contribution >= 4 is 5.91 Å². The quantitative estimate of drug-likeness (QED) is 0.0265. The SMILES string of the molecule is CCCCCCCCCCCCCC/C=C/C(O)C(COC1OC(CO)C(O)C(O)C1O)NC(=O)CCCCCCCCCCCCCCCCCCCCC. The third-order valence-electron chi connectivity index (χ3n) is 11.6. The second kappa shape index (κ2) is 38.2. The second-order valence-electron chi connectivity index (χ2n) is 16.9. The van der Waals surface area contributed by atoms with Gasteiger partial charge in [-0.3, -0.25) is 4.79 Å². The molecule has 7 unspecified atom stereocenters. The van der Waals surface area contributed by atoms with Gasteiger partial charge in [-0.1, -0.05) is 212 Å². The molecule has 1 fully saturated rings. The summed E-state index contributed by atoms with van der Waals surface area (Å²) < 4.78 is 11.2. The summed E-state index contributed by atoms with van der Waals surface area (Å²) in [6, 6.07) is -0.798. The van der Waals surface area contributed by atoms with Gasteiger partial charge in [-0.05, 0) is 19.3 Å². The summed E-state index contributed by atoms with van der Waals surface area (Å²) in [4.78, 5) is 13.0. The predicted molar refractivity (Wildman–Crippen MR) is 231 cm³/mol. The van der Waals surface area contributed by atoms with E-state index in [9.17, 15) is 30.3 Å². The van der Waals surface area contributed by atoms with E-state index < -0.39 is 49.5 Å². The number of ether oxygens (including phenoxy) is 2. The van der Waals surface area contributed by atoms with E-state index in [0.717, 1.165) is 38.5 Å². The van der Waals surface area contributed by atoms with Crippen molar-refractivity contribution in [1.29, 1.82) is 0 Å². The number of carbonyl (C=O) groups is 1. The number of carbonyl (C=O) groups excluding carboxylic acids is 1. The number of unbranched alkanes of at least 4 members (excludes halogenated alkanes) is 30. The van der Waals surface area contributed by atoms with E-state index in [0.29, 0.717) is 6.42 Å². The van der Waals surface area contributed by atoms with Crippen molar-refractivity contribution in [2.75, 3.05) is 13.2 Å². The second-order valence-corrected chi connectivity index (χ2v) is 16.9. The lowest BCUT2D eigenvalue weighted by atomic mass is 9.99. The van der Waals surface area contributed by atoms with Gasteiger partial charge in [-0.2, -0.15) is 0 Å². The fraction of sp³-hybridized carbons (Fsp3) is 0.936. The molecule has 1 aliphatic heterocycles. The molecule has 1 heterocycles. The molecule has 0 bridgehead atoms. The molecule has 1 aliphatic rings. The van der Waals surface area contributed by atoms with E-state index in [2.05, 4.69) is 19.2 Å². The van der Waals surface area contributed by atoms with Crippen molar-refractivity contribution in [3.63, 3.8) is 0 Å². The first-order chi connectivity index (χ1) is 27.3. The van der Waals surface area contributed by atoms with E-state index in [1.54, 1.807) is 6.08 Å². The molecule has 0 saturated carbocycles. The van der Waals surface area contributed by atoms with Gasteiger partial charge in [0, 0.05) is 6.42 Å². The molecule has 0 spiro atoms. The highest BCUT2D eigenvalue weighted by molar-refractivity contribution is 5.76. The van der Waals surface area contributed by atoms with Gasteiger partial charge in [-0.25, -0.2) is 0 Å². The van der Waals surface area contributed by atoms with Crippen LogP contribution in [0, 0.1) is 0 Å². The molecular weight excluding hydrogens is 707 g/mol. The van der Waals surface area contributed by atoms with Crippen LogP contribution in [0.15, 0.2) is 12.2 Å². The molecule has 0 aromatic heterocycles. The highest BCUT2D eigenvalue weighted by atomic mass is 16.7. The summed E-state index contributed by atoms with van der Waals surface area (Å²) in [6.07, 6.45) is 36.8. The van der Waals surface area contributed by atoms with Gasteiger partial charge >= 0.3 is 0 Å². The minimum absolute atomic E-state index is 0.173. The van der Waals surface area contributed by atoms with Crippen molar-refractivity contribution in [2.45, 2.75) is 269 Å². The summed E-state index contributed by atoms with van der Waals surface area (Å²) in [5.41, 5.74) is 0. The van der Waals surface area contributed by atoms with Crippen LogP contribution in [0.1, 0.15) is 226 Å². The molecule has 1 saturated heterocycles. The maximum atomic E-state index is 13.0. The Bertz CT molecular complexity index is 888. The van der Waals surface area contributed by atoms with Crippen LogP contribution in [-0.2, 0) is 14.3 Å². The first-order valence-corrected chi connectivity index (χ1v) is 23.9. The van der Waals surface area contributed by atoms with Gasteiger partial charge in [0.2, 0.25) is 5.91 Å². The Morgan fingerprint density at radius 2 is 0.982 bits per heavy atom. The largest absolute Gasteiger partial charge is 0.394 e. The van der Waals surface area contributed by atoms with E-state index >= 15 is 0 Å². The monoisotopic (exact) mass is 798 g/mol. The molecule has 0 aliphatic carbocycles. The number of nitrogens with one attached hydrogen (secondary N) is 1. The van der Waals surface area contributed by atoms with Crippen molar-refractivity contribution < 1.29 is 39.8 Å². The van der Waals surface area contributed by atoms with Crippen LogP contribution in [0.5, 0.6) is 0 Å². The van der Waals surface area contributed by atoms with Crippen molar-refractivity contribution in [3.05, 3.63) is 12.2 Å². The minimum Gasteiger partial charge on any atom is -0.394 e. The van der Waals surface area contributed by atoms with Gasteiger partial charge in [0.25, 0.3) is 0 Å². The molecule has 9 heteroatoms. The summed E-state index contributed by atoms with van der Waals surface area (Å²) in [5, 5.41) is 54.2. The van der Waals surface area contributed by atoms with Crippen molar-refractivity contribution in [3.8, 4) is 0 Å². The molecule has 9 nitrogen and oxygen atoms in total. The highest BCUT2D eigenvalue weighted by Crippen LogP contribution is 2.23. The van der Waals surface area contributed by atoms with Crippen LogP contribution in [0.25, 0.3) is 0 Å². The Hall–Kier alpha value is -1.07. The highest BCUT2D eigenvalue weighted by Gasteiger charge is 2.44. The predicted octanol–water partition coefficient (Wildman–Crippen LogP) is 10.1. The molecule has 0 aromatic carbocycles. The number of allylic oxidation sites excluding steroid dienone is 1. The first-order valence-electron chi connectivity index (χ1n) is 23.9. The molecule has 56 heavy (non-hydrogen) atoms. The topological polar surface area (TPSA) is 149 Å². The summed E-state index contributed by atoms with van der Waals surface area (Å²) in [5.74, 6) is -0.173. The average molecular weight is 798 g/mol. The fourth-order valence-electron chi connectivity index (χ4n) is 7.75. The normalized spacial score (nSPS) is 21.2. The van der Waals surface area contributed by atoms with Crippen molar-refractivity contribution in [1.82, 2.24) is 5.32 Å². The Kier molecular flexibility index (Phi) is 36.1. The summed E-state index contributed by atoms with van der Waals surface area (Å²) >= 11 is 0. The zero-order valence-electron chi connectivity index (χ0n) is 36.4. The zero-order valence-corrected chi connectivity index (χ0v) is 36.4. The first kappa shape index (κ1) is 52.9. The lowest BCUT2D eigenvalue weighted by molar-refractivity contribution is -0.302. The van der Waals surface area contributed by atoms with Crippen LogP contribution in [-0.4, -0.2) is 87.5 Å². The Balaban J connectivity index is 2.31. The molecular formula is C47H91NO8. The molecule has 0 radical (unpaired) electrons. The number of rotatable bonds is 40. The fourth-order valence-corrected chi connectivity index (χ4v) is 7.75. The maximum Gasteiger partial charge on any atom is 0.220 e. The van der Waals surface area contributed by atoms with Gasteiger partial charge in [-0.15, -0.1) is 0 Å². The Morgan fingerprint density at radius 1 is 0.589 bits per heavy atom. The third-order valence-corrected chi connectivity index (χ3v) is 11.6. The lowest BCUT2D eigenvalue weighted by Gasteiger charge is -2.40. The van der Waals surface area contributed by atoms with Crippen LogP contribution in [0.2, 0.25) is 0 Å². The molecule has 6 N–H and O–H groups in total. The van der Waals surface area contributed by atoms with Gasteiger partial charge in [0.1, 0.15) is 24.4 Å². The van der Waals surface area contributed by atoms with E-state index in [-0.39, 0.29) is 12.5 Å². The minimum atomic E-state index is -1.56.